The van der Waals surface area contributed by atoms with E-state index in [1.165, 1.54) is 0 Å². The van der Waals surface area contributed by atoms with Crippen molar-refractivity contribution >= 4 is 16.9 Å². The zero-order valence-electron chi connectivity index (χ0n) is 13.9. The maximum Gasteiger partial charge on any atom is 0.251 e. The molecule has 0 saturated carbocycles. The van der Waals surface area contributed by atoms with Crippen LogP contribution in [0, 0.1) is 0 Å². The third-order valence-electron chi connectivity index (χ3n) is 4.27. The van der Waals surface area contributed by atoms with Gasteiger partial charge in [-0.25, -0.2) is 4.98 Å². The number of aromatic amines is 1. The summed E-state index contributed by atoms with van der Waals surface area (Å²) in [6, 6.07) is 13.2. The number of benzene rings is 2. The highest BCUT2D eigenvalue weighted by molar-refractivity contribution is 5.97. The first kappa shape index (κ1) is 17.1. The Morgan fingerprint density at radius 3 is 2.84 bits per heavy atom. The van der Waals surface area contributed by atoms with E-state index in [1.54, 1.807) is 24.5 Å². The third-order valence-corrected chi connectivity index (χ3v) is 4.27. The molecule has 0 aliphatic rings. The fourth-order valence-corrected chi connectivity index (χ4v) is 2.81. The van der Waals surface area contributed by atoms with Crippen LogP contribution in [0.5, 0.6) is 0 Å². The summed E-state index contributed by atoms with van der Waals surface area (Å²) in [5.74, 6) is -0.210. The van der Waals surface area contributed by atoms with Gasteiger partial charge >= 0.3 is 0 Å². The second-order valence-electron chi connectivity index (χ2n) is 6.01. The van der Waals surface area contributed by atoms with Gasteiger partial charge in [-0.15, -0.1) is 0 Å². The second-order valence-corrected chi connectivity index (χ2v) is 6.01. The maximum absolute atomic E-state index is 12.2. The van der Waals surface area contributed by atoms with E-state index in [2.05, 4.69) is 15.3 Å². The van der Waals surface area contributed by atoms with Gasteiger partial charge in [0.05, 0.1) is 23.5 Å². The van der Waals surface area contributed by atoms with Crippen LogP contribution in [-0.2, 0) is 13.0 Å². The first-order valence-electron chi connectivity index (χ1n) is 8.33. The summed E-state index contributed by atoms with van der Waals surface area (Å²) in [6.07, 6.45) is 2.28. The van der Waals surface area contributed by atoms with Crippen LogP contribution in [-0.4, -0.2) is 33.6 Å². The van der Waals surface area contributed by atoms with Crippen LogP contribution in [0.3, 0.4) is 0 Å². The monoisotopic (exact) mass is 338 g/mol. The van der Waals surface area contributed by atoms with Gasteiger partial charge in [0.15, 0.2) is 0 Å². The summed E-state index contributed by atoms with van der Waals surface area (Å²) in [5.41, 5.74) is 10.1. The van der Waals surface area contributed by atoms with E-state index in [0.29, 0.717) is 18.5 Å². The summed E-state index contributed by atoms with van der Waals surface area (Å²) < 4.78 is 0. The van der Waals surface area contributed by atoms with Gasteiger partial charge in [-0.05, 0) is 42.2 Å². The van der Waals surface area contributed by atoms with Crippen molar-refractivity contribution in [1.29, 1.82) is 0 Å². The molecule has 1 atom stereocenters. The van der Waals surface area contributed by atoms with Gasteiger partial charge in [-0.3, -0.25) is 4.79 Å². The van der Waals surface area contributed by atoms with E-state index in [4.69, 9.17) is 5.73 Å². The number of fused-ring (bicyclic) bond motifs is 1. The molecule has 1 aromatic heterocycles. The molecule has 0 spiro atoms. The van der Waals surface area contributed by atoms with Gasteiger partial charge in [-0.1, -0.05) is 24.3 Å². The Balaban J connectivity index is 1.51. The second kappa shape index (κ2) is 7.92. The minimum Gasteiger partial charge on any atom is -0.391 e. The Bertz CT molecular complexity index is 859. The predicted molar refractivity (Wildman–Crippen MR) is 97.1 cm³/mol. The number of carbonyl (C=O) groups is 1. The Morgan fingerprint density at radius 2 is 2.04 bits per heavy atom. The van der Waals surface area contributed by atoms with E-state index in [9.17, 15) is 9.90 Å². The number of nitrogens with two attached hydrogens (primary N) is 1. The van der Waals surface area contributed by atoms with Crippen molar-refractivity contribution in [3.63, 3.8) is 0 Å². The van der Waals surface area contributed by atoms with E-state index in [-0.39, 0.29) is 12.5 Å². The highest BCUT2D eigenvalue weighted by atomic mass is 16.3. The molecule has 130 valence electrons. The topological polar surface area (TPSA) is 104 Å². The lowest BCUT2D eigenvalue weighted by molar-refractivity contribution is 0.0911. The normalized spacial score (nSPS) is 12.2. The van der Waals surface area contributed by atoms with Crippen LogP contribution in [0.2, 0.25) is 0 Å². The summed E-state index contributed by atoms with van der Waals surface area (Å²) in [4.78, 5) is 19.3. The lowest BCUT2D eigenvalue weighted by atomic mass is 10.0. The predicted octanol–water partition coefficient (Wildman–Crippen LogP) is 1.75. The number of imidazole rings is 1. The number of aromatic nitrogens is 2. The summed E-state index contributed by atoms with van der Waals surface area (Å²) >= 11 is 0. The molecule has 0 unspecified atom stereocenters. The zero-order valence-corrected chi connectivity index (χ0v) is 13.9. The van der Waals surface area contributed by atoms with Crippen LogP contribution in [0.15, 0.2) is 48.8 Å². The number of hydrogen-bond acceptors (Lipinski definition) is 4. The molecule has 0 saturated heterocycles. The third kappa shape index (κ3) is 4.23. The maximum atomic E-state index is 12.2. The Hall–Kier alpha value is -2.70. The van der Waals surface area contributed by atoms with Gasteiger partial charge in [0.1, 0.15) is 0 Å². The van der Waals surface area contributed by atoms with Crippen molar-refractivity contribution in [3.05, 3.63) is 65.5 Å². The smallest absolute Gasteiger partial charge is 0.251 e. The summed E-state index contributed by atoms with van der Waals surface area (Å²) in [7, 11) is 0. The van der Waals surface area contributed by atoms with E-state index in [1.807, 2.05) is 24.3 Å². The molecular weight excluding hydrogens is 316 g/mol. The highest BCUT2D eigenvalue weighted by Crippen LogP contribution is 2.13. The molecule has 2 aromatic carbocycles. The summed E-state index contributed by atoms with van der Waals surface area (Å²) in [5, 5.41) is 12.9. The number of nitrogens with one attached hydrogen (secondary N) is 2. The Morgan fingerprint density at radius 1 is 1.24 bits per heavy atom. The van der Waals surface area contributed by atoms with E-state index >= 15 is 0 Å². The van der Waals surface area contributed by atoms with Crippen molar-refractivity contribution in [2.75, 3.05) is 6.54 Å². The lowest BCUT2D eigenvalue weighted by Gasteiger charge is -2.13. The number of carbonyl (C=O) groups excluding carboxylic acids is 1. The molecule has 1 amide bonds. The van der Waals surface area contributed by atoms with Crippen LogP contribution >= 0.6 is 0 Å². The van der Waals surface area contributed by atoms with Gasteiger partial charge < -0.3 is 21.1 Å². The van der Waals surface area contributed by atoms with Crippen molar-refractivity contribution in [2.24, 2.45) is 5.73 Å². The molecule has 0 aliphatic heterocycles. The number of nitrogens with zero attached hydrogens (tertiary/aromatic N) is 1. The first-order valence-corrected chi connectivity index (χ1v) is 8.33. The van der Waals surface area contributed by atoms with Crippen LogP contribution in [0.25, 0.3) is 11.0 Å². The van der Waals surface area contributed by atoms with Crippen LogP contribution < -0.4 is 11.1 Å². The SMILES string of the molecule is NCc1ccccc1CC[C@H](O)CNC(=O)c1ccc2nc[nH]c2c1. The van der Waals surface area contributed by atoms with Crippen molar-refractivity contribution < 1.29 is 9.90 Å². The quantitative estimate of drug-likeness (QED) is 0.527. The molecular formula is C19H22N4O2. The van der Waals surface area contributed by atoms with Gasteiger partial charge in [0.25, 0.3) is 5.91 Å². The molecule has 0 fully saturated rings. The van der Waals surface area contributed by atoms with Crippen molar-refractivity contribution in [1.82, 2.24) is 15.3 Å². The standard InChI is InChI=1S/C19H22N4O2/c20-10-15-4-2-1-3-13(15)5-7-16(24)11-21-19(25)14-6-8-17-18(9-14)23-12-22-17/h1-4,6,8-9,12,16,24H,5,7,10-11,20H2,(H,21,25)(H,22,23)/t16-/m0/s1. The molecule has 0 bridgehead atoms. The largest absolute Gasteiger partial charge is 0.391 e. The molecule has 0 aliphatic carbocycles. The average molecular weight is 338 g/mol. The zero-order chi connectivity index (χ0) is 17.6. The number of amides is 1. The van der Waals surface area contributed by atoms with Gasteiger partial charge in [-0.2, -0.15) is 0 Å². The van der Waals surface area contributed by atoms with Crippen molar-refractivity contribution in [3.8, 4) is 0 Å². The number of aliphatic hydroxyl groups is 1. The molecule has 3 aromatic rings. The molecule has 6 nitrogen and oxygen atoms in total. The average Bonchev–Trinajstić information content (AvgIpc) is 3.12. The minimum atomic E-state index is -0.606. The number of hydrogen-bond donors (Lipinski definition) is 4. The van der Waals surface area contributed by atoms with Crippen LogP contribution in [0.4, 0.5) is 0 Å². The van der Waals surface area contributed by atoms with Gasteiger partial charge in [0, 0.05) is 18.7 Å². The molecule has 0 radical (unpaired) electrons. The summed E-state index contributed by atoms with van der Waals surface area (Å²) in [6.45, 7) is 0.698. The lowest BCUT2D eigenvalue weighted by Crippen LogP contribution is -2.32. The number of aliphatic hydroxyl groups excluding tert-OH is 1. The van der Waals surface area contributed by atoms with Gasteiger partial charge in [0.2, 0.25) is 0 Å². The van der Waals surface area contributed by atoms with E-state index in [0.717, 1.165) is 28.6 Å². The molecule has 1 heterocycles. The number of rotatable bonds is 7. The molecule has 6 heteroatoms. The molecule has 3 rings (SSSR count). The highest BCUT2D eigenvalue weighted by Gasteiger charge is 2.11. The fourth-order valence-electron chi connectivity index (χ4n) is 2.81. The van der Waals surface area contributed by atoms with Crippen LogP contribution in [0.1, 0.15) is 27.9 Å². The molecule has 25 heavy (non-hydrogen) atoms. The van der Waals surface area contributed by atoms with E-state index < -0.39 is 6.10 Å². The number of aryl methyl sites for hydroxylation is 1. The fraction of sp³-hybridized carbons (Fsp3) is 0.263. The first-order chi connectivity index (χ1) is 12.2. The molecule has 5 N–H and O–H groups in total. The number of H-pyrrole nitrogens is 1. The Kier molecular flexibility index (Phi) is 5.42. The Labute approximate surface area is 146 Å². The van der Waals surface area contributed by atoms with Crippen molar-refractivity contribution in [2.45, 2.75) is 25.5 Å². The minimum absolute atomic E-state index is 0.210.